The zero-order valence-corrected chi connectivity index (χ0v) is 12.1. The van der Waals surface area contributed by atoms with Gasteiger partial charge >= 0.3 is 0 Å². The molecule has 2 rings (SSSR count). The molecule has 0 saturated carbocycles. The first-order valence-electron chi connectivity index (χ1n) is 6.13. The lowest BCUT2D eigenvalue weighted by atomic mass is 10.2. The topological polar surface area (TPSA) is 86.7 Å². The summed E-state index contributed by atoms with van der Waals surface area (Å²) in [6, 6.07) is 6.39. The van der Waals surface area contributed by atoms with Gasteiger partial charge in [-0.1, -0.05) is 18.1 Å². The van der Waals surface area contributed by atoms with E-state index in [2.05, 4.69) is 5.92 Å². The Hall–Kier alpha value is -2.72. The second-order valence-electron chi connectivity index (χ2n) is 4.20. The maximum Gasteiger partial charge on any atom is 0.294 e. The summed E-state index contributed by atoms with van der Waals surface area (Å²) in [4.78, 5) is 35.2. The average molecular weight is 316 g/mol. The molecule has 7 heteroatoms. The molecule has 1 fully saturated rings. The fourth-order valence-corrected chi connectivity index (χ4v) is 2.52. The summed E-state index contributed by atoms with van der Waals surface area (Å²) in [5.74, 6) is 0.883. The highest BCUT2D eigenvalue weighted by atomic mass is 32.2. The lowest BCUT2D eigenvalue weighted by Crippen LogP contribution is -2.28. The van der Waals surface area contributed by atoms with E-state index >= 15 is 0 Å². The van der Waals surface area contributed by atoms with E-state index in [1.165, 1.54) is 0 Å². The molecule has 0 atom stereocenters. The van der Waals surface area contributed by atoms with Crippen LogP contribution in [0.4, 0.5) is 4.79 Å². The SMILES string of the molecule is C#CCN1C(=O)S/C(=C\c2ccc(OCC(=O)[O-])cc2)C1=O. The smallest absolute Gasteiger partial charge is 0.294 e. The molecule has 1 saturated heterocycles. The van der Waals surface area contributed by atoms with Crippen LogP contribution < -0.4 is 9.84 Å². The maximum atomic E-state index is 12.0. The van der Waals surface area contributed by atoms with E-state index in [4.69, 9.17) is 11.2 Å². The zero-order valence-electron chi connectivity index (χ0n) is 11.3. The van der Waals surface area contributed by atoms with Crippen LogP contribution in [0.3, 0.4) is 0 Å². The Morgan fingerprint density at radius 3 is 2.64 bits per heavy atom. The molecular weight excluding hydrogens is 306 g/mol. The summed E-state index contributed by atoms with van der Waals surface area (Å²) in [6.07, 6.45) is 6.67. The van der Waals surface area contributed by atoms with Crippen LogP contribution in [0.15, 0.2) is 29.2 Å². The van der Waals surface area contributed by atoms with E-state index in [-0.39, 0.29) is 11.4 Å². The van der Waals surface area contributed by atoms with Crippen LogP contribution in [0.5, 0.6) is 5.75 Å². The molecule has 0 unspecified atom stereocenters. The standard InChI is InChI=1S/C15H11NO5S/c1-2-7-16-14(19)12(22-15(16)20)8-10-3-5-11(6-4-10)21-9-13(17)18/h1,3-6,8H,7,9H2,(H,17,18)/p-1/b12-8-. The highest BCUT2D eigenvalue weighted by molar-refractivity contribution is 8.18. The minimum absolute atomic E-state index is 0.0575. The van der Waals surface area contributed by atoms with Crippen LogP contribution in [0, 0.1) is 12.3 Å². The van der Waals surface area contributed by atoms with Crippen LogP contribution in [-0.2, 0) is 9.59 Å². The van der Waals surface area contributed by atoms with Gasteiger partial charge in [-0.05, 0) is 35.5 Å². The summed E-state index contributed by atoms with van der Waals surface area (Å²) in [6.45, 7) is -0.595. The number of carbonyl (C=O) groups excluding carboxylic acids is 3. The van der Waals surface area contributed by atoms with Crippen LogP contribution in [0.25, 0.3) is 6.08 Å². The van der Waals surface area contributed by atoms with Crippen molar-refractivity contribution in [3.8, 4) is 18.1 Å². The van der Waals surface area contributed by atoms with Crippen LogP contribution in [0.1, 0.15) is 5.56 Å². The molecule has 1 aromatic carbocycles. The number of carbonyl (C=O) groups is 3. The van der Waals surface area contributed by atoms with Crippen molar-refractivity contribution < 1.29 is 24.2 Å². The van der Waals surface area contributed by atoms with Gasteiger partial charge in [0.15, 0.2) is 0 Å². The number of carboxylic acid groups (broad SMARTS) is 1. The van der Waals surface area contributed by atoms with Crippen molar-refractivity contribution in [2.75, 3.05) is 13.2 Å². The lowest BCUT2D eigenvalue weighted by molar-refractivity contribution is -0.307. The predicted molar refractivity (Wildman–Crippen MR) is 78.5 cm³/mol. The Morgan fingerprint density at radius 2 is 2.05 bits per heavy atom. The normalized spacial score (nSPS) is 16.0. The van der Waals surface area contributed by atoms with Gasteiger partial charge in [-0.2, -0.15) is 0 Å². The second kappa shape index (κ2) is 6.83. The fourth-order valence-electron chi connectivity index (χ4n) is 1.68. The van der Waals surface area contributed by atoms with E-state index in [0.29, 0.717) is 11.3 Å². The summed E-state index contributed by atoms with van der Waals surface area (Å²) in [5, 5.41) is 9.88. The van der Waals surface area contributed by atoms with Crippen molar-refractivity contribution in [3.63, 3.8) is 0 Å². The van der Waals surface area contributed by atoms with Gasteiger partial charge in [-0.15, -0.1) is 6.42 Å². The first-order chi connectivity index (χ1) is 10.5. The lowest BCUT2D eigenvalue weighted by Gasteiger charge is -2.07. The molecule has 0 N–H and O–H groups in total. The van der Waals surface area contributed by atoms with Crippen LogP contribution in [-0.4, -0.2) is 35.2 Å². The number of terminal acetylenes is 1. The molecule has 1 aliphatic heterocycles. The van der Waals surface area contributed by atoms with Gasteiger partial charge < -0.3 is 14.6 Å². The van der Waals surface area contributed by atoms with Crippen LogP contribution in [0.2, 0.25) is 0 Å². The van der Waals surface area contributed by atoms with Gasteiger partial charge in [0, 0.05) is 0 Å². The molecule has 1 heterocycles. The largest absolute Gasteiger partial charge is 0.546 e. The zero-order chi connectivity index (χ0) is 16.1. The van der Waals surface area contributed by atoms with Crippen molar-refractivity contribution in [3.05, 3.63) is 34.7 Å². The van der Waals surface area contributed by atoms with E-state index < -0.39 is 23.7 Å². The number of ether oxygens (including phenoxy) is 1. The van der Waals surface area contributed by atoms with Gasteiger partial charge in [0.1, 0.15) is 12.4 Å². The van der Waals surface area contributed by atoms with Crippen LogP contribution >= 0.6 is 11.8 Å². The van der Waals surface area contributed by atoms with Gasteiger partial charge in [0.25, 0.3) is 11.1 Å². The van der Waals surface area contributed by atoms with Crippen molar-refractivity contribution in [1.82, 2.24) is 4.90 Å². The molecule has 2 amide bonds. The highest BCUT2D eigenvalue weighted by Crippen LogP contribution is 2.32. The maximum absolute atomic E-state index is 12.0. The van der Waals surface area contributed by atoms with E-state index in [0.717, 1.165) is 16.7 Å². The third-order valence-electron chi connectivity index (χ3n) is 2.66. The Balaban J connectivity index is 2.10. The summed E-state index contributed by atoms with van der Waals surface area (Å²) >= 11 is 0.821. The predicted octanol–water partition coefficient (Wildman–Crippen LogP) is 0.485. The number of carboxylic acids is 1. The molecule has 0 spiro atoms. The molecule has 0 aromatic heterocycles. The Bertz CT molecular complexity index is 687. The minimum Gasteiger partial charge on any atom is -0.546 e. The number of imide groups is 1. The number of aliphatic carboxylic acids is 1. The van der Waals surface area contributed by atoms with Gasteiger partial charge in [-0.3, -0.25) is 14.5 Å². The first-order valence-corrected chi connectivity index (χ1v) is 6.94. The Labute approximate surface area is 130 Å². The molecule has 112 valence electrons. The summed E-state index contributed by atoms with van der Waals surface area (Å²) < 4.78 is 4.94. The monoisotopic (exact) mass is 316 g/mol. The van der Waals surface area contributed by atoms with Gasteiger partial charge in [0.2, 0.25) is 0 Å². The third kappa shape index (κ3) is 3.68. The second-order valence-corrected chi connectivity index (χ2v) is 5.19. The van der Waals surface area contributed by atoms with E-state index in [1.54, 1.807) is 30.3 Å². The molecule has 1 aliphatic rings. The number of rotatable bonds is 5. The van der Waals surface area contributed by atoms with E-state index in [9.17, 15) is 19.5 Å². The number of hydrogen-bond acceptors (Lipinski definition) is 6. The van der Waals surface area contributed by atoms with Gasteiger partial charge in [0.05, 0.1) is 17.4 Å². The number of nitrogens with zero attached hydrogens (tertiary/aromatic N) is 1. The van der Waals surface area contributed by atoms with Crippen molar-refractivity contribution in [2.24, 2.45) is 0 Å². The third-order valence-corrected chi connectivity index (χ3v) is 3.56. The number of amides is 2. The molecule has 0 radical (unpaired) electrons. The number of hydrogen-bond donors (Lipinski definition) is 0. The Kier molecular flexibility index (Phi) is 4.86. The summed E-state index contributed by atoms with van der Waals surface area (Å²) in [7, 11) is 0. The summed E-state index contributed by atoms with van der Waals surface area (Å²) in [5.41, 5.74) is 0.673. The molecule has 0 aliphatic carbocycles. The molecule has 22 heavy (non-hydrogen) atoms. The molecule has 1 aromatic rings. The van der Waals surface area contributed by atoms with Crippen molar-refractivity contribution >= 4 is 35.0 Å². The number of benzene rings is 1. The average Bonchev–Trinajstić information content (AvgIpc) is 2.74. The highest BCUT2D eigenvalue weighted by Gasteiger charge is 2.34. The molecule has 0 bridgehead atoms. The van der Waals surface area contributed by atoms with E-state index in [1.807, 2.05) is 0 Å². The first kappa shape index (κ1) is 15.7. The number of thioether (sulfide) groups is 1. The molecule has 6 nitrogen and oxygen atoms in total. The van der Waals surface area contributed by atoms with Gasteiger partial charge in [-0.25, -0.2) is 0 Å². The molecular formula is C15H10NO5S-. The fraction of sp³-hybridized carbons (Fsp3) is 0.133. The Morgan fingerprint density at radius 1 is 1.36 bits per heavy atom. The van der Waals surface area contributed by atoms with Crippen molar-refractivity contribution in [2.45, 2.75) is 0 Å². The minimum atomic E-state index is -1.31. The van der Waals surface area contributed by atoms with Crippen molar-refractivity contribution in [1.29, 1.82) is 0 Å². The quantitative estimate of drug-likeness (QED) is 0.580.